The summed E-state index contributed by atoms with van der Waals surface area (Å²) in [5.74, 6) is 1.50. The molecule has 1 fully saturated rings. The van der Waals surface area contributed by atoms with Crippen molar-refractivity contribution in [2.24, 2.45) is 5.92 Å². The minimum absolute atomic E-state index is 0.115. The Labute approximate surface area is 197 Å². The van der Waals surface area contributed by atoms with Crippen LogP contribution in [0.15, 0.2) is 84.9 Å². The van der Waals surface area contributed by atoms with E-state index in [1.807, 2.05) is 24.3 Å². The van der Waals surface area contributed by atoms with Crippen molar-refractivity contribution in [3.63, 3.8) is 0 Å². The Morgan fingerprint density at radius 1 is 0.909 bits per heavy atom. The smallest absolute Gasteiger partial charge is 0.223 e. The van der Waals surface area contributed by atoms with Crippen molar-refractivity contribution in [3.8, 4) is 5.75 Å². The van der Waals surface area contributed by atoms with Crippen LogP contribution in [0.2, 0.25) is 0 Å². The zero-order chi connectivity index (χ0) is 22.9. The van der Waals surface area contributed by atoms with Crippen molar-refractivity contribution >= 4 is 5.91 Å². The predicted molar refractivity (Wildman–Crippen MR) is 133 cm³/mol. The number of piperidine rings is 1. The number of hydrogen-bond acceptors (Lipinski definition) is 3. The van der Waals surface area contributed by atoms with Gasteiger partial charge in [0.25, 0.3) is 0 Å². The Hall–Kier alpha value is -3.11. The minimum atomic E-state index is 0.115. The minimum Gasteiger partial charge on any atom is -0.497 e. The molecule has 0 aromatic heterocycles. The first kappa shape index (κ1) is 23.1. The van der Waals surface area contributed by atoms with Gasteiger partial charge in [-0.15, -0.1) is 0 Å². The van der Waals surface area contributed by atoms with Crippen molar-refractivity contribution in [1.29, 1.82) is 0 Å². The SMILES string of the molecule is COc1ccc(CN2CCC(C(=O)NCCC(c3ccccc3)c3ccccc3)CC2)cc1. The predicted octanol–water partition coefficient (Wildman–Crippen LogP) is 5.25. The lowest BCUT2D eigenvalue weighted by Crippen LogP contribution is -2.40. The van der Waals surface area contributed by atoms with E-state index in [0.29, 0.717) is 12.5 Å². The number of benzene rings is 3. The number of carbonyl (C=O) groups is 1. The number of amides is 1. The number of rotatable bonds is 9. The quantitative estimate of drug-likeness (QED) is 0.492. The van der Waals surface area contributed by atoms with Crippen LogP contribution in [0.25, 0.3) is 0 Å². The van der Waals surface area contributed by atoms with Crippen LogP contribution in [0.1, 0.15) is 41.9 Å². The van der Waals surface area contributed by atoms with E-state index < -0.39 is 0 Å². The van der Waals surface area contributed by atoms with Crippen molar-refractivity contribution in [2.45, 2.75) is 31.7 Å². The third-order valence-corrected chi connectivity index (χ3v) is 6.66. The monoisotopic (exact) mass is 442 g/mol. The number of ether oxygens (including phenoxy) is 1. The largest absolute Gasteiger partial charge is 0.497 e. The van der Waals surface area contributed by atoms with Crippen LogP contribution in [-0.2, 0) is 11.3 Å². The van der Waals surface area contributed by atoms with Crippen LogP contribution in [0.3, 0.4) is 0 Å². The zero-order valence-electron chi connectivity index (χ0n) is 19.5. The molecule has 0 spiro atoms. The van der Waals surface area contributed by atoms with Gasteiger partial charge < -0.3 is 10.1 Å². The summed E-state index contributed by atoms with van der Waals surface area (Å²) in [6, 6.07) is 29.4. The summed E-state index contributed by atoms with van der Waals surface area (Å²) in [5.41, 5.74) is 3.88. The van der Waals surface area contributed by atoms with E-state index in [0.717, 1.165) is 44.6 Å². The van der Waals surface area contributed by atoms with E-state index in [9.17, 15) is 4.79 Å². The lowest BCUT2D eigenvalue weighted by atomic mass is 9.88. The number of likely N-dealkylation sites (tertiary alicyclic amines) is 1. The second-order valence-corrected chi connectivity index (χ2v) is 8.85. The number of carbonyl (C=O) groups excluding carboxylic acids is 1. The summed E-state index contributed by atoms with van der Waals surface area (Å²) in [5, 5.41) is 3.23. The highest BCUT2D eigenvalue weighted by Crippen LogP contribution is 2.27. The van der Waals surface area contributed by atoms with Crippen LogP contribution < -0.4 is 10.1 Å². The fourth-order valence-electron chi connectivity index (χ4n) is 4.72. The molecule has 1 aliphatic heterocycles. The molecule has 4 heteroatoms. The molecule has 4 nitrogen and oxygen atoms in total. The zero-order valence-corrected chi connectivity index (χ0v) is 19.5. The third-order valence-electron chi connectivity index (χ3n) is 6.66. The van der Waals surface area contributed by atoms with E-state index >= 15 is 0 Å². The molecule has 172 valence electrons. The number of nitrogens with one attached hydrogen (secondary N) is 1. The fraction of sp³-hybridized carbons (Fsp3) is 0.345. The van der Waals surface area contributed by atoms with Crippen molar-refractivity contribution in [2.75, 3.05) is 26.7 Å². The second kappa shape index (κ2) is 11.7. The van der Waals surface area contributed by atoms with Gasteiger partial charge in [-0.05, 0) is 61.2 Å². The Morgan fingerprint density at radius 3 is 2.03 bits per heavy atom. The van der Waals surface area contributed by atoms with Gasteiger partial charge in [-0.3, -0.25) is 9.69 Å². The maximum atomic E-state index is 12.8. The topological polar surface area (TPSA) is 41.6 Å². The first-order chi connectivity index (χ1) is 16.2. The van der Waals surface area contributed by atoms with Gasteiger partial charge >= 0.3 is 0 Å². The molecular formula is C29H34N2O2. The van der Waals surface area contributed by atoms with E-state index in [2.05, 4.69) is 70.9 Å². The Bertz CT molecular complexity index is 942. The molecule has 0 radical (unpaired) electrons. The highest BCUT2D eigenvalue weighted by molar-refractivity contribution is 5.78. The molecule has 3 aromatic carbocycles. The van der Waals surface area contributed by atoms with Gasteiger partial charge in [0.2, 0.25) is 5.91 Å². The summed E-state index contributed by atoms with van der Waals surface area (Å²) in [6.45, 7) is 3.54. The molecule has 1 amide bonds. The van der Waals surface area contributed by atoms with Crippen LogP contribution in [-0.4, -0.2) is 37.6 Å². The van der Waals surface area contributed by atoms with Crippen LogP contribution in [0.5, 0.6) is 5.75 Å². The van der Waals surface area contributed by atoms with E-state index in [-0.39, 0.29) is 11.8 Å². The van der Waals surface area contributed by atoms with Gasteiger partial charge in [-0.2, -0.15) is 0 Å². The molecule has 0 unspecified atom stereocenters. The first-order valence-corrected chi connectivity index (χ1v) is 12.0. The third kappa shape index (κ3) is 6.45. The van der Waals surface area contributed by atoms with Crippen molar-refractivity contribution in [1.82, 2.24) is 10.2 Å². The summed E-state index contributed by atoms with van der Waals surface area (Å²) < 4.78 is 5.24. The van der Waals surface area contributed by atoms with Gasteiger partial charge in [0.1, 0.15) is 5.75 Å². The van der Waals surface area contributed by atoms with Crippen molar-refractivity contribution in [3.05, 3.63) is 102 Å². The number of methoxy groups -OCH3 is 1. The van der Waals surface area contributed by atoms with Gasteiger partial charge in [0.05, 0.1) is 7.11 Å². The van der Waals surface area contributed by atoms with Gasteiger partial charge in [-0.1, -0.05) is 72.8 Å². The van der Waals surface area contributed by atoms with E-state index in [4.69, 9.17) is 4.74 Å². The molecule has 0 bridgehead atoms. The first-order valence-electron chi connectivity index (χ1n) is 12.0. The van der Waals surface area contributed by atoms with Gasteiger partial charge in [-0.25, -0.2) is 0 Å². The molecule has 1 heterocycles. The van der Waals surface area contributed by atoms with E-state index in [1.54, 1.807) is 7.11 Å². The normalized spacial score (nSPS) is 14.8. The Balaban J connectivity index is 1.25. The molecule has 0 aliphatic carbocycles. The standard InChI is InChI=1S/C29H34N2O2/c1-33-27-14-12-23(13-15-27)22-31-20-17-26(18-21-31)29(32)30-19-16-28(24-8-4-2-5-9-24)25-10-6-3-7-11-25/h2-15,26,28H,16-22H2,1H3,(H,30,32). The molecule has 3 aromatic rings. The van der Waals surface area contributed by atoms with E-state index in [1.165, 1.54) is 16.7 Å². The Kier molecular flexibility index (Phi) is 8.15. The average molecular weight is 443 g/mol. The second-order valence-electron chi connectivity index (χ2n) is 8.85. The molecule has 4 rings (SSSR count). The van der Waals surface area contributed by atoms with Crippen LogP contribution >= 0.6 is 0 Å². The summed E-state index contributed by atoms with van der Waals surface area (Å²) >= 11 is 0. The molecular weight excluding hydrogens is 408 g/mol. The maximum Gasteiger partial charge on any atom is 0.223 e. The summed E-state index contributed by atoms with van der Waals surface area (Å²) in [4.78, 5) is 15.3. The van der Waals surface area contributed by atoms with Crippen molar-refractivity contribution < 1.29 is 9.53 Å². The van der Waals surface area contributed by atoms with Gasteiger partial charge in [0.15, 0.2) is 0 Å². The number of nitrogens with zero attached hydrogens (tertiary/aromatic N) is 1. The van der Waals surface area contributed by atoms with Crippen LogP contribution in [0, 0.1) is 5.92 Å². The highest BCUT2D eigenvalue weighted by atomic mass is 16.5. The molecule has 1 saturated heterocycles. The maximum absolute atomic E-state index is 12.8. The lowest BCUT2D eigenvalue weighted by Gasteiger charge is -2.31. The highest BCUT2D eigenvalue weighted by Gasteiger charge is 2.25. The lowest BCUT2D eigenvalue weighted by molar-refractivity contribution is -0.126. The van der Waals surface area contributed by atoms with Gasteiger partial charge in [0, 0.05) is 24.9 Å². The summed E-state index contributed by atoms with van der Waals surface area (Å²) in [7, 11) is 1.69. The molecule has 33 heavy (non-hydrogen) atoms. The molecule has 0 atom stereocenters. The Morgan fingerprint density at radius 2 is 1.48 bits per heavy atom. The molecule has 1 N–H and O–H groups in total. The average Bonchev–Trinajstić information content (AvgIpc) is 2.88. The number of hydrogen-bond donors (Lipinski definition) is 1. The van der Waals surface area contributed by atoms with Crippen LogP contribution in [0.4, 0.5) is 0 Å². The molecule has 0 saturated carbocycles. The molecule has 1 aliphatic rings. The fourth-order valence-corrected chi connectivity index (χ4v) is 4.72. The summed E-state index contributed by atoms with van der Waals surface area (Å²) in [6.07, 6.45) is 2.74.